The maximum absolute atomic E-state index is 11.0. The van der Waals surface area contributed by atoms with E-state index in [2.05, 4.69) is 29.9 Å². The molecule has 142 valence electrons. The molecular formula is C22H31NO3. The fraction of sp³-hybridized carbons (Fsp3) is 0.636. The maximum Gasteiger partial charge on any atom is 0.160 e. The van der Waals surface area contributed by atoms with Gasteiger partial charge in [-0.05, 0) is 43.9 Å². The summed E-state index contributed by atoms with van der Waals surface area (Å²) in [5.74, 6) is 4.46. The molecule has 0 radical (unpaired) electrons. The third kappa shape index (κ3) is 3.56. The second-order valence-electron chi connectivity index (χ2n) is 7.76. The van der Waals surface area contributed by atoms with Gasteiger partial charge in [0.2, 0.25) is 0 Å². The molecule has 1 aliphatic heterocycles. The summed E-state index contributed by atoms with van der Waals surface area (Å²) >= 11 is 0. The normalized spacial score (nSPS) is 31.7. The van der Waals surface area contributed by atoms with Crippen LogP contribution < -0.4 is 9.47 Å². The molecule has 3 rings (SSSR count). The highest BCUT2D eigenvalue weighted by atomic mass is 16.5. The monoisotopic (exact) mass is 357 g/mol. The molecule has 4 atom stereocenters. The van der Waals surface area contributed by atoms with Crippen LogP contribution in [0.1, 0.15) is 44.6 Å². The predicted octanol–water partition coefficient (Wildman–Crippen LogP) is 3.26. The van der Waals surface area contributed by atoms with Gasteiger partial charge in [0.1, 0.15) is 5.60 Å². The molecule has 1 saturated carbocycles. The summed E-state index contributed by atoms with van der Waals surface area (Å²) in [5.41, 5.74) is 0.296. The van der Waals surface area contributed by atoms with Gasteiger partial charge in [-0.25, -0.2) is 0 Å². The van der Waals surface area contributed by atoms with Gasteiger partial charge in [-0.1, -0.05) is 24.8 Å². The van der Waals surface area contributed by atoms with E-state index < -0.39 is 5.60 Å². The van der Waals surface area contributed by atoms with Crippen LogP contribution in [0.3, 0.4) is 0 Å². The van der Waals surface area contributed by atoms with Crippen LogP contribution in [-0.2, 0) is 6.42 Å². The summed E-state index contributed by atoms with van der Waals surface area (Å²) in [4.78, 5) is 2.58. The van der Waals surface area contributed by atoms with Gasteiger partial charge >= 0.3 is 0 Å². The van der Waals surface area contributed by atoms with Crippen LogP contribution in [0.25, 0.3) is 0 Å². The van der Waals surface area contributed by atoms with E-state index in [0.717, 1.165) is 37.3 Å². The summed E-state index contributed by atoms with van der Waals surface area (Å²) in [5, 5.41) is 11.0. The van der Waals surface area contributed by atoms with Gasteiger partial charge in [0.05, 0.1) is 14.2 Å². The van der Waals surface area contributed by atoms with Crippen LogP contribution in [0.2, 0.25) is 0 Å². The standard InChI is InChI=1S/C22H31NO3/c1-5-22(24)15-16(2)23(19-9-7-6-8-18(19)22)13-12-17-10-11-20(25-3)21(14-17)26-4/h1,10-11,14,16,18-19,24H,6-9,12-13,15H2,2-4H3/t16-,18-,19-,22+/m1/s1. The smallest absolute Gasteiger partial charge is 0.160 e. The molecule has 1 aromatic rings. The molecule has 0 unspecified atom stereocenters. The Morgan fingerprint density at radius 3 is 2.65 bits per heavy atom. The SMILES string of the molecule is C#C[C@]1(O)C[C@@H](C)N(CCc2ccc(OC)c(OC)c2)[C@@H]2CCCC[C@H]21. The Balaban J connectivity index is 1.74. The molecule has 1 heterocycles. The number of terminal acetylenes is 1. The number of fused-ring (bicyclic) bond motifs is 1. The van der Waals surface area contributed by atoms with E-state index in [4.69, 9.17) is 15.9 Å². The van der Waals surface area contributed by atoms with E-state index in [1.165, 1.54) is 18.4 Å². The van der Waals surface area contributed by atoms with Crippen molar-refractivity contribution in [2.45, 2.75) is 63.1 Å². The molecule has 2 fully saturated rings. The van der Waals surface area contributed by atoms with Gasteiger partial charge in [-0.2, -0.15) is 0 Å². The van der Waals surface area contributed by atoms with Crippen molar-refractivity contribution in [3.05, 3.63) is 23.8 Å². The van der Waals surface area contributed by atoms with Gasteiger partial charge in [0, 0.05) is 31.0 Å². The number of ether oxygens (including phenoxy) is 2. The maximum atomic E-state index is 11.0. The van der Waals surface area contributed by atoms with E-state index in [1.807, 2.05) is 6.07 Å². The second kappa shape index (κ2) is 7.90. The number of benzene rings is 1. The van der Waals surface area contributed by atoms with Crippen LogP contribution >= 0.6 is 0 Å². The molecule has 1 aromatic carbocycles. The van der Waals surface area contributed by atoms with Crippen molar-refractivity contribution in [2.75, 3.05) is 20.8 Å². The van der Waals surface area contributed by atoms with Gasteiger partial charge < -0.3 is 14.6 Å². The van der Waals surface area contributed by atoms with Gasteiger partial charge in [0.25, 0.3) is 0 Å². The Labute approximate surface area is 157 Å². The summed E-state index contributed by atoms with van der Waals surface area (Å²) in [6.07, 6.45) is 11.9. The number of hydrogen-bond acceptors (Lipinski definition) is 4. The third-order valence-corrected chi connectivity index (χ3v) is 6.30. The lowest BCUT2D eigenvalue weighted by Gasteiger charge is -2.53. The zero-order chi connectivity index (χ0) is 18.7. The van der Waals surface area contributed by atoms with Crippen molar-refractivity contribution in [1.29, 1.82) is 0 Å². The predicted molar refractivity (Wildman–Crippen MR) is 104 cm³/mol. The zero-order valence-electron chi connectivity index (χ0n) is 16.2. The minimum absolute atomic E-state index is 0.197. The van der Waals surface area contributed by atoms with Crippen molar-refractivity contribution in [1.82, 2.24) is 4.90 Å². The molecule has 4 heteroatoms. The Hall–Kier alpha value is -1.70. The molecule has 0 spiro atoms. The van der Waals surface area contributed by atoms with Crippen LogP contribution in [0.5, 0.6) is 11.5 Å². The highest BCUT2D eigenvalue weighted by Crippen LogP contribution is 2.43. The van der Waals surface area contributed by atoms with Crippen molar-refractivity contribution in [3.63, 3.8) is 0 Å². The number of hydrogen-bond donors (Lipinski definition) is 1. The van der Waals surface area contributed by atoms with E-state index in [-0.39, 0.29) is 12.0 Å². The summed E-state index contributed by atoms with van der Waals surface area (Å²) in [6.45, 7) is 3.17. The fourth-order valence-corrected chi connectivity index (χ4v) is 4.96. The number of likely N-dealkylation sites (tertiary alicyclic amines) is 1. The van der Waals surface area contributed by atoms with E-state index in [9.17, 15) is 5.11 Å². The topological polar surface area (TPSA) is 41.9 Å². The molecule has 0 bridgehead atoms. The third-order valence-electron chi connectivity index (χ3n) is 6.30. The van der Waals surface area contributed by atoms with Crippen molar-refractivity contribution >= 4 is 0 Å². The average Bonchev–Trinajstić information content (AvgIpc) is 2.67. The van der Waals surface area contributed by atoms with Crippen LogP contribution in [0, 0.1) is 18.3 Å². The highest BCUT2D eigenvalue weighted by molar-refractivity contribution is 5.43. The number of piperidine rings is 1. The minimum Gasteiger partial charge on any atom is -0.493 e. The number of methoxy groups -OCH3 is 2. The van der Waals surface area contributed by atoms with E-state index in [0.29, 0.717) is 12.5 Å². The summed E-state index contributed by atoms with van der Waals surface area (Å²) in [7, 11) is 3.32. The van der Waals surface area contributed by atoms with Crippen molar-refractivity contribution < 1.29 is 14.6 Å². The Bertz CT molecular complexity index is 668. The van der Waals surface area contributed by atoms with Crippen LogP contribution in [0.15, 0.2) is 18.2 Å². The first kappa shape index (κ1) is 19.1. The Morgan fingerprint density at radius 1 is 1.23 bits per heavy atom. The fourth-order valence-electron chi connectivity index (χ4n) is 4.96. The number of rotatable bonds is 5. The summed E-state index contributed by atoms with van der Waals surface area (Å²) in [6, 6.07) is 6.80. The lowest BCUT2D eigenvalue weighted by molar-refractivity contribution is -0.0999. The number of nitrogens with zero attached hydrogens (tertiary/aromatic N) is 1. The zero-order valence-corrected chi connectivity index (χ0v) is 16.2. The Kier molecular flexibility index (Phi) is 5.79. The first-order valence-corrected chi connectivity index (χ1v) is 9.69. The van der Waals surface area contributed by atoms with E-state index in [1.54, 1.807) is 14.2 Å². The van der Waals surface area contributed by atoms with Crippen LogP contribution in [0.4, 0.5) is 0 Å². The summed E-state index contributed by atoms with van der Waals surface area (Å²) < 4.78 is 10.8. The molecule has 1 N–H and O–H groups in total. The molecule has 2 aliphatic rings. The minimum atomic E-state index is -0.940. The first-order chi connectivity index (χ1) is 12.5. The lowest BCUT2D eigenvalue weighted by atomic mass is 9.67. The van der Waals surface area contributed by atoms with Crippen LogP contribution in [-0.4, -0.2) is 48.5 Å². The molecule has 0 amide bonds. The number of aliphatic hydroxyl groups is 1. The van der Waals surface area contributed by atoms with Gasteiger partial charge in [0.15, 0.2) is 11.5 Å². The first-order valence-electron chi connectivity index (χ1n) is 9.69. The van der Waals surface area contributed by atoms with Crippen molar-refractivity contribution in [3.8, 4) is 23.8 Å². The molecule has 26 heavy (non-hydrogen) atoms. The highest BCUT2D eigenvalue weighted by Gasteiger charge is 2.49. The van der Waals surface area contributed by atoms with Gasteiger partial charge in [-0.3, -0.25) is 4.90 Å². The largest absolute Gasteiger partial charge is 0.493 e. The van der Waals surface area contributed by atoms with E-state index >= 15 is 0 Å². The second-order valence-corrected chi connectivity index (χ2v) is 7.76. The molecular weight excluding hydrogens is 326 g/mol. The average molecular weight is 357 g/mol. The van der Waals surface area contributed by atoms with Crippen molar-refractivity contribution in [2.24, 2.45) is 5.92 Å². The lowest BCUT2D eigenvalue weighted by Crippen LogP contribution is -2.61. The molecule has 4 nitrogen and oxygen atoms in total. The molecule has 1 saturated heterocycles. The molecule has 1 aliphatic carbocycles. The Morgan fingerprint density at radius 2 is 1.96 bits per heavy atom. The quantitative estimate of drug-likeness (QED) is 0.822. The van der Waals surface area contributed by atoms with Gasteiger partial charge in [-0.15, -0.1) is 6.42 Å². The molecule has 0 aromatic heterocycles.